The molecule has 1 aromatic rings. The topological polar surface area (TPSA) is 112 Å². The van der Waals surface area contributed by atoms with Gasteiger partial charge in [0.25, 0.3) is 0 Å². The molecule has 3 heterocycles. The number of carbonyl (C=O) groups is 2. The number of urea groups is 1. The lowest BCUT2D eigenvalue weighted by atomic mass is 10.0. The van der Waals surface area contributed by atoms with Crippen LogP contribution in [0.15, 0.2) is 6.33 Å². The van der Waals surface area contributed by atoms with Crippen LogP contribution in [0.25, 0.3) is 0 Å². The number of nitrogens with one attached hydrogen (secondary N) is 4. The molecule has 2 aliphatic rings. The zero-order valence-electron chi connectivity index (χ0n) is 11.5. The van der Waals surface area contributed by atoms with Crippen molar-refractivity contribution in [2.24, 2.45) is 0 Å². The fraction of sp³-hybridized carbons (Fsp3) is 0.667. The first kappa shape index (κ1) is 14.2. The second-order valence-electron chi connectivity index (χ2n) is 5.25. The fourth-order valence-electron chi connectivity index (χ4n) is 2.73. The van der Waals surface area contributed by atoms with Gasteiger partial charge in [-0.25, -0.2) is 9.89 Å². The molecular formula is C12H18N6O2S. The summed E-state index contributed by atoms with van der Waals surface area (Å²) < 4.78 is 0. The molecule has 4 N–H and O–H groups in total. The van der Waals surface area contributed by atoms with Gasteiger partial charge in [-0.1, -0.05) is 6.42 Å². The molecule has 114 valence electrons. The van der Waals surface area contributed by atoms with Gasteiger partial charge in [0.15, 0.2) is 0 Å². The van der Waals surface area contributed by atoms with E-state index in [9.17, 15) is 9.59 Å². The van der Waals surface area contributed by atoms with Crippen molar-refractivity contribution in [3.63, 3.8) is 0 Å². The molecule has 21 heavy (non-hydrogen) atoms. The highest BCUT2D eigenvalue weighted by Gasteiger charge is 2.42. The molecule has 3 amide bonds. The van der Waals surface area contributed by atoms with Crippen LogP contribution < -0.4 is 16.0 Å². The summed E-state index contributed by atoms with van der Waals surface area (Å²) in [5.74, 6) is 1.30. The number of fused-ring (bicyclic) bond motifs is 1. The Morgan fingerprint density at radius 2 is 2.33 bits per heavy atom. The number of unbranched alkanes of at least 4 members (excludes halogenated alkanes) is 1. The number of H-pyrrole nitrogens is 1. The number of anilines is 1. The minimum Gasteiger partial charge on any atom is -0.332 e. The first-order valence-electron chi connectivity index (χ1n) is 7.06. The summed E-state index contributed by atoms with van der Waals surface area (Å²) in [6, 6.07) is 0.453. The van der Waals surface area contributed by atoms with Crippen molar-refractivity contribution in [2.75, 3.05) is 11.1 Å². The average molecular weight is 310 g/mol. The second-order valence-corrected chi connectivity index (χ2v) is 6.52. The molecule has 8 nitrogen and oxygen atoms in total. The van der Waals surface area contributed by atoms with Gasteiger partial charge in [-0.05, 0) is 12.8 Å². The summed E-state index contributed by atoms with van der Waals surface area (Å²) in [4.78, 5) is 26.8. The SMILES string of the molecule is O=C(CCCC[C@@H]1SC[C@H]2NC(=O)N[C@H]12)Nc1ncn[nH]1. The molecule has 0 saturated carbocycles. The van der Waals surface area contributed by atoms with E-state index in [1.54, 1.807) is 0 Å². The lowest BCUT2D eigenvalue weighted by molar-refractivity contribution is -0.116. The Morgan fingerprint density at radius 3 is 3.14 bits per heavy atom. The van der Waals surface area contributed by atoms with E-state index in [2.05, 4.69) is 31.1 Å². The van der Waals surface area contributed by atoms with E-state index in [1.807, 2.05) is 11.8 Å². The first-order chi connectivity index (χ1) is 10.2. The third-order valence-electron chi connectivity index (χ3n) is 3.75. The van der Waals surface area contributed by atoms with Crippen molar-refractivity contribution in [1.82, 2.24) is 25.8 Å². The van der Waals surface area contributed by atoms with Crippen LogP contribution in [0.4, 0.5) is 10.7 Å². The number of carbonyl (C=O) groups excluding carboxylic acids is 2. The molecule has 0 aliphatic carbocycles. The number of hydrogen-bond donors (Lipinski definition) is 4. The molecule has 0 bridgehead atoms. The summed E-state index contributed by atoms with van der Waals surface area (Å²) >= 11 is 1.90. The number of rotatable bonds is 6. The Kier molecular flexibility index (Phi) is 4.28. The minimum absolute atomic E-state index is 0.0539. The van der Waals surface area contributed by atoms with Gasteiger partial charge in [0.05, 0.1) is 12.1 Å². The molecule has 1 aromatic heterocycles. The third kappa shape index (κ3) is 3.46. The quantitative estimate of drug-likeness (QED) is 0.451. The molecule has 3 atom stereocenters. The van der Waals surface area contributed by atoms with Crippen molar-refractivity contribution < 1.29 is 9.59 Å². The van der Waals surface area contributed by atoms with E-state index >= 15 is 0 Å². The number of nitrogens with zero attached hydrogens (tertiary/aromatic N) is 2. The monoisotopic (exact) mass is 310 g/mol. The predicted octanol–water partition coefficient (Wildman–Crippen LogP) is 0.469. The molecule has 0 spiro atoms. The van der Waals surface area contributed by atoms with Gasteiger partial charge >= 0.3 is 6.03 Å². The van der Waals surface area contributed by atoms with Crippen molar-refractivity contribution in [3.05, 3.63) is 6.33 Å². The summed E-state index contributed by atoms with van der Waals surface area (Å²) in [5, 5.41) is 15.3. The highest BCUT2D eigenvalue weighted by Crippen LogP contribution is 2.33. The molecule has 2 saturated heterocycles. The van der Waals surface area contributed by atoms with Crippen LogP contribution in [0.1, 0.15) is 25.7 Å². The van der Waals surface area contributed by atoms with E-state index in [1.165, 1.54) is 6.33 Å². The zero-order chi connectivity index (χ0) is 14.7. The number of aromatic amines is 1. The number of hydrogen-bond acceptors (Lipinski definition) is 5. The zero-order valence-corrected chi connectivity index (χ0v) is 12.3. The largest absolute Gasteiger partial charge is 0.332 e. The molecule has 0 aromatic carbocycles. The van der Waals surface area contributed by atoms with E-state index in [-0.39, 0.29) is 24.0 Å². The maximum absolute atomic E-state index is 11.7. The van der Waals surface area contributed by atoms with Gasteiger partial charge in [0, 0.05) is 17.4 Å². The average Bonchev–Trinajstić information content (AvgIpc) is 3.13. The van der Waals surface area contributed by atoms with E-state index < -0.39 is 0 Å². The molecule has 3 rings (SSSR count). The van der Waals surface area contributed by atoms with Crippen molar-refractivity contribution >= 4 is 29.6 Å². The molecular weight excluding hydrogens is 292 g/mol. The Morgan fingerprint density at radius 1 is 1.43 bits per heavy atom. The maximum Gasteiger partial charge on any atom is 0.315 e. The summed E-state index contributed by atoms with van der Waals surface area (Å²) in [6.45, 7) is 0. The van der Waals surface area contributed by atoms with Gasteiger partial charge in [0.2, 0.25) is 11.9 Å². The fourth-order valence-corrected chi connectivity index (χ4v) is 4.28. The standard InChI is InChI=1S/C12H18N6O2S/c19-9(16-11-13-6-14-18-11)4-2-1-3-8-10-7(5-21-8)15-12(20)17-10/h6-8,10H,1-5H2,(H2,15,17,20)(H2,13,14,16,18,19)/t7-,8+,10+/m1/s1. The van der Waals surface area contributed by atoms with Crippen LogP contribution in [-0.2, 0) is 4.79 Å². The number of thioether (sulfide) groups is 1. The summed E-state index contributed by atoms with van der Waals surface area (Å²) in [5.41, 5.74) is 0. The Balaban J connectivity index is 1.33. The molecule has 0 radical (unpaired) electrons. The lowest BCUT2D eigenvalue weighted by Crippen LogP contribution is -2.36. The molecule has 9 heteroatoms. The normalized spacial score (nSPS) is 27.0. The molecule has 2 fully saturated rings. The van der Waals surface area contributed by atoms with Crippen LogP contribution in [0.5, 0.6) is 0 Å². The van der Waals surface area contributed by atoms with Crippen LogP contribution in [-0.4, -0.2) is 50.2 Å². The molecule has 0 unspecified atom stereocenters. The van der Waals surface area contributed by atoms with Crippen LogP contribution in [0, 0.1) is 0 Å². The van der Waals surface area contributed by atoms with Gasteiger partial charge in [0.1, 0.15) is 6.33 Å². The van der Waals surface area contributed by atoms with Gasteiger partial charge in [-0.2, -0.15) is 21.8 Å². The minimum atomic E-state index is -0.0560. The Labute approximate surface area is 126 Å². The van der Waals surface area contributed by atoms with Crippen molar-refractivity contribution in [2.45, 2.75) is 43.0 Å². The highest BCUT2D eigenvalue weighted by atomic mass is 32.2. The number of aromatic nitrogens is 3. The molecule has 2 aliphatic heterocycles. The van der Waals surface area contributed by atoms with E-state index in [0.717, 1.165) is 25.0 Å². The lowest BCUT2D eigenvalue weighted by Gasteiger charge is -2.16. The Bertz CT molecular complexity index is 508. The van der Waals surface area contributed by atoms with Gasteiger partial charge < -0.3 is 10.6 Å². The smallest absolute Gasteiger partial charge is 0.315 e. The third-order valence-corrected chi connectivity index (χ3v) is 5.26. The van der Waals surface area contributed by atoms with Crippen molar-refractivity contribution in [3.8, 4) is 0 Å². The van der Waals surface area contributed by atoms with Crippen LogP contribution in [0.2, 0.25) is 0 Å². The van der Waals surface area contributed by atoms with Crippen LogP contribution in [0.3, 0.4) is 0 Å². The summed E-state index contributed by atoms with van der Waals surface area (Å²) in [6.07, 6.45) is 4.64. The van der Waals surface area contributed by atoms with Gasteiger partial charge in [-0.3, -0.25) is 10.1 Å². The van der Waals surface area contributed by atoms with Crippen LogP contribution >= 0.6 is 11.8 Å². The first-order valence-corrected chi connectivity index (χ1v) is 8.11. The predicted molar refractivity (Wildman–Crippen MR) is 79.0 cm³/mol. The summed E-state index contributed by atoms with van der Waals surface area (Å²) in [7, 11) is 0. The second kappa shape index (κ2) is 6.33. The van der Waals surface area contributed by atoms with E-state index in [4.69, 9.17) is 0 Å². The van der Waals surface area contributed by atoms with E-state index in [0.29, 0.717) is 17.6 Å². The maximum atomic E-state index is 11.7. The number of amides is 3. The Hall–Kier alpha value is -1.77. The van der Waals surface area contributed by atoms with Gasteiger partial charge in [-0.15, -0.1) is 0 Å². The van der Waals surface area contributed by atoms with Crippen molar-refractivity contribution in [1.29, 1.82) is 0 Å². The highest BCUT2D eigenvalue weighted by molar-refractivity contribution is 8.00.